The maximum atomic E-state index is 12.8. The topological polar surface area (TPSA) is 59.0 Å². The second-order valence-electron chi connectivity index (χ2n) is 7.52. The summed E-state index contributed by atoms with van der Waals surface area (Å²) in [6.45, 7) is 5.22. The zero-order valence-corrected chi connectivity index (χ0v) is 18.8. The van der Waals surface area contributed by atoms with E-state index in [1.165, 1.54) is 0 Å². The van der Waals surface area contributed by atoms with Crippen LogP contribution in [0.2, 0.25) is 10.0 Å². The van der Waals surface area contributed by atoms with Crippen LogP contribution in [0.5, 0.6) is 0 Å². The van der Waals surface area contributed by atoms with Gasteiger partial charge in [0, 0.05) is 54.5 Å². The fraction of sp³-hybridized carbons (Fsp3) is 0.409. The molecule has 1 heterocycles. The first-order chi connectivity index (χ1) is 14.4. The number of carbonyl (C=O) groups excluding carboxylic acids is 1. The van der Waals surface area contributed by atoms with Crippen molar-refractivity contribution in [1.82, 2.24) is 14.8 Å². The molecule has 0 saturated carbocycles. The van der Waals surface area contributed by atoms with E-state index in [4.69, 9.17) is 23.2 Å². The van der Waals surface area contributed by atoms with Crippen molar-refractivity contribution in [1.29, 1.82) is 0 Å². The molecule has 162 valence electrons. The second-order valence-corrected chi connectivity index (χ2v) is 8.39. The summed E-state index contributed by atoms with van der Waals surface area (Å²) in [4.78, 5) is 16.7. The van der Waals surface area contributed by atoms with E-state index in [2.05, 4.69) is 17.2 Å². The quantitative estimate of drug-likeness (QED) is 0.603. The summed E-state index contributed by atoms with van der Waals surface area (Å²) in [5.41, 5.74) is 4.86. The lowest BCUT2D eigenvalue weighted by Gasteiger charge is -2.31. The molecule has 3 rings (SSSR count). The highest BCUT2D eigenvalue weighted by molar-refractivity contribution is 6.30. The maximum absolute atomic E-state index is 12.8. The number of anilines is 1. The molecule has 0 radical (unpaired) electrons. The average molecular weight is 451 g/mol. The molecule has 1 amide bonds. The predicted molar refractivity (Wildman–Crippen MR) is 122 cm³/mol. The van der Waals surface area contributed by atoms with E-state index in [1.54, 1.807) is 29.2 Å². The Morgan fingerprint density at radius 3 is 2.27 bits per heavy atom. The summed E-state index contributed by atoms with van der Waals surface area (Å²) in [5, 5.41) is 13.9. The highest BCUT2D eigenvalue weighted by atomic mass is 35.5. The SMILES string of the molecule is CCN(CCN(C)Nc1ccc(Cl)cc1)[C@@H]1CN(C(=O)c2ccc(Cl)cc2)C[C@H]1O. The Morgan fingerprint density at radius 2 is 1.67 bits per heavy atom. The van der Waals surface area contributed by atoms with Gasteiger partial charge in [-0.3, -0.25) is 9.69 Å². The molecule has 0 aliphatic carbocycles. The Kier molecular flexibility index (Phi) is 7.97. The van der Waals surface area contributed by atoms with Gasteiger partial charge < -0.3 is 15.4 Å². The number of likely N-dealkylation sites (tertiary alicyclic amines) is 1. The van der Waals surface area contributed by atoms with Crippen LogP contribution in [0.1, 0.15) is 17.3 Å². The Hall–Kier alpha value is -1.83. The van der Waals surface area contributed by atoms with E-state index in [-0.39, 0.29) is 11.9 Å². The third-order valence-corrected chi connectivity index (χ3v) is 5.90. The van der Waals surface area contributed by atoms with Crippen molar-refractivity contribution < 1.29 is 9.90 Å². The number of halogens is 2. The number of benzene rings is 2. The third kappa shape index (κ3) is 5.86. The number of β-amino-alcohol motifs (C(OH)–C–C–N with tert-alkyl or cyclic N) is 1. The van der Waals surface area contributed by atoms with E-state index in [1.807, 2.05) is 36.3 Å². The number of rotatable bonds is 8. The van der Waals surface area contributed by atoms with Crippen LogP contribution in [-0.4, -0.2) is 77.7 Å². The van der Waals surface area contributed by atoms with E-state index >= 15 is 0 Å². The molecule has 30 heavy (non-hydrogen) atoms. The first-order valence-corrected chi connectivity index (χ1v) is 10.8. The van der Waals surface area contributed by atoms with Crippen LogP contribution in [0, 0.1) is 0 Å². The van der Waals surface area contributed by atoms with Crippen LogP contribution in [0.15, 0.2) is 48.5 Å². The van der Waals surface area contributed by atoms with E-state index in [9.17, 15) is 9.90 Å². The zero-order chi connectivity index (χ0) is 21.7. The number of nitrogens with one attached hydrogen (secondary N) is 1. The number of aliphatic hydroxyl groups is 1. The number of hydrazine groups is 1. The van der Waals surface area contributed by atoms with Gasteiger partial charge in [-0.2, -0.15) is 0 Å². The molecule has 2 atom stereocenters. The highest BCUT2D eigenvalue weighted by Crippen LogP contribution is 2.20. The second kappa shape index (κ2) is 10.5. The number of hydrogen-bond acceptors (Lipinski definition) is 5. The monoisotopic (exact) mass is 450 g/mol. The van der Waals surface area contributed by atoms with Crippen molar-refractivity contribution in [3.63, 3.8) is 0 Å². The smallest absolute Gasteiger partial charge is 0.253 e. The number of amides is 1. The summed E-state index contributed by atoms with van der Waals surface area (Å²) in [7, 11) is 1.98. The standard InChI is InChI=1S/C22H28Cl2N4O2/c1-3-27(13-12-26(2)25-19-10-8-18(24)9-11-19)20-14-28(15-21(20)29)22(30)16-4-6-17(23)7-5-16/h4-11,20-21,25,29H,3,12-15H2,1-2H3/t20-,21-/m1/s1. The van der Waals surface area contributed by atoms with Gasteiger partial charge in [0.25, 0.3) is 5.91 Å². The first-order valence-electron chi connectivity index (χ1n) is 10.1. The maximum Gasteiger partial charge on any atom is 0.253 e. The Morgan fingerprint density at radius 1 is 1.07 bits per heavy atom. The van der Waals surface area contributed by atoms with Gasteiger partial charge in [0.1, 0.15) is 0 Å². The summed E-state index contributed by atoms with van der Waals surface area (Å²) in [6.07, 6.45) is -0.573. The van der Waals surface area contributed by atoms with Gasteiger partial charge in [-0.05, 0) is 55.1 Å². The Balaban J connectivity index is 1.54. The van der Waals surface area contributed by atoms with Gasteiger partial charge in [0.15, 0.2) is 0 Å². The number of hydrogen-bond donors (Lipinski definition) is 2. The minimum absolute atomic E-state index is 0.0780. The number of nitrogens with zero attached hydrogens (tertiary/aromatic N) is 3. The molecule has 1 aliphatic heterocycles. The normalized spacial score (nSPS) is 19.0. The fourth-order valence-corrected chi connectivity index (χ4v) is 3.96. The summed E-state index contributed by atoms with van der Waals surface area (Å²) in [5.74, 6) is -0.0780. The molecule has 0 unspecified atom stereocenters. The lowest BCUT2D eigenvalue weighted by molar-refractivity contribution is 0.0758. The fourth-order valence-electron chi connectivity index (χ4n) is 3.71. The summed E-state index contributed by atoms with van der Waals surface area (Å²) < 4.78 is 0. The number of aliphatic hydroxyl groups excluding tert-OH is 1. The average Bonchev–Trinajstić information content (AvgIpc) is 3.12. The van der Waals surface area contributed by atoms with Crippen molar-refractivity contribution >= 4 is 34.8 Å². The van der Waals surface area contributed by atoms with Gasteiger partial charge in [0.05, 0.1) is 12.1 Å². The van der Waals surface area contributed by atoms with Crippen LogP contribution in [-0.2, 0) is 0 Å². The lowest BCUT2D eigenvalue weighted by atomic mass is 10.2. The molecule has 0 spiro atoms. The van der Waals surface area contributed by atoms with Gasteiger partial charge in [-0.25, -0.2) is 5.01 Å². The minimum Gasteiger partial charge on any atom is -0.390 e. The molecule has 1 aliphatic rings. The molecule has 1 saturated heterocycles. The van der Waals surface area contributed by atoms with Gasteiger partial charge in [-0.15, -0.1) is 0 Å². The molecule has 2 N–H and O–H groups in total. The third-order valence-electron chi connectivity index (χ3n) is 5.40. The van der Waals surface area contributed by atoms with Crippen LogP contribution in [0.25, 0.3) is 0 Å². The van der Waals surface area contributed by atoms with Gasteiger partial charge in [-0.1, -0.05) is 30.1 Å². The number of carbonyl (C=O) groups is 1. The molecule has 2 aromatic carbocycles. The van der Waals surface area contributed by atoms with Crippen LogP contribution in [0.4, 0.5) is 5.69 Å². The van der Waals surface area contributed by atoms with E-state index in [0.717, 1.165) is 25.3 Å². The lowest BCUT2D eigenvalue weighted by Crippen LogP contribution is -2.47. The van der Waals surface area contributed by atoms with Crippen LogP contribution >= 0.6 is 23.2 Å². The van der Waals surface area contributed by atoms with Crippen molar-refractivity contribution in [2.24, 2.45) is 0 Å². The van der Waals surface area contributed by atoms with E-state index < -0.39 is 6.10 Å². The van der Waals surface area contributed by atoms with Crippen molar-refractivity contribution in [2.45, 2.75) is 19.1 Å². The predicted octanol–water partition coefficient (Wildman–Crippen LogP) is 3.46. The molecule has 1 fully saturated rings. The van der Waals surface area contributed by atoms with Gasteiger partial charge in [0.2, 0.25) is 0 Å². The van der Waals surface area contributed by atoms with Crippen molar-refractivity contribution in [3.05, 3.63) is 64.1 Å². The molecular weight excluding hydrogens is 423 g/mol. The van der Waals surface area contributed by atoms with Crippen molar-refractivity contribution in [2.75, 3.05) is 45.2 Å². The Bertz CT molecular complexity index is 832. The summed E-state index contributed by atoms with van der Waals surface area (Å²) >= 11 is 11.8. The van der Waals surface area contributed by atoms with Gasteiger partial charge >= 0.3 is 0 Å². The molecule has 6 nitrogen and oxygen atoms in total. The number of likely N-dealkylation sites (N-methyl/N-ethyl adjacent to an activating group) is 2. The molecule has 2 aromatic rings. The molecule has 0 bridgehead atoms. The van der Waals surface area contributed by atoms with E-state index in [0.29, 0.717) is 28.7 Å². The van der Waals surface area contributed by atoms with Crippen molar-refractivity contribution in [3.8, 4) is 0 Å². The summed E-state index contributed by atoms with van der Waals surface area (Å²) in [6, 6.07) is 14.3. The van der Waals surface area contributed by atoms with Crippen LogP contribution < -0.4 is 5.43 Å². The molecule has 8 heteroatoms. The minimum atomic E-state index is -0.573. The highest BCUT2D eigenvalue weighted by Gasteiger charge is 2.37. The molecular formula is C22H28Cl2N4O2. The van der Waals surface area contributed by atoms with Crippen LogP contribution in [0.3, 0.4) is 0 Å². The largest absolute Gasteiger partial charge is 0.390 e. The molecule has 0 aromatic heterocycles. The first kappa shape index (κ1) is 22.8. The Labute approximate surface area is 187 Å². The zero-order valence-electron chi connectivity index (χ0n) is 17.3.